The van der Waals surface area contributed by atoms with Crippen LogP contribution in [0, 0.1) is 0 Å². The highest BCUT2D eigenvalue weighted by Gasteiger charge is 2.30. The Morgan fingerprint density at radius 1 is 0.750 bits per heavy atom. The van der Waals surface area contributed by atoms with Crippen LogP contribution in [0.2, 0.25) is 0 Å². The molecule has 5 heteroatoms. The summed E-state index contributed by atoms with van der Waals surface area (Å²) in [7, 11) is 1.74. The van der Waals surface area contributed by atoms with Gasteiger partial charge in [-0.05, 0) is 87.0 Å². The van der Waals surface area contributed by atoms with E-state index in [1.165, 1.54) is 117 Å². The first kappa shape index (κ1) is 22.4. The van der Waals surface area contributed by atoms with Gasteiger partial charge in [-0.1, -0.05) is 18.2 Å². The predicted molar refractivity (Wildman–Crippen MR) is 152 cm³/mol. The summed E-state index contributed by atoms with van der Waals surface area (Å²) in [6.45, 7) is 7.52. The van der Waals surface area contributed by atoms with Gasteiger partial charge in [0.05, 0.1) is 7.11 Å². The van der Waals surface area contributed by atoms with E-state index < -0.39 is 0 Å². The molecule has 2 fully saturated rings. The molecule has 4 bridgehead atoms. The molecular weight excluding hydrogens is 444 g/mol. The number of para-hydroxylation sites is 1. The van der Waals surface area contributed by atoms with Gasteiger partial charge in [0.25, 0.3) is 0 Å². The lowest BCUT2D eigenvalue weighted by atomic mass is 9.93. The predicted octanol–water partition coefficient (Wildman–Crippen LogP) is 6.31. The molecule has 192 valence electrons. The van der Waals surface area contributed by atoms with Crippen molar-refractivity contribution in [2.45, 2.75) is 50.4 Å². The third-order valence-corrected chi connectivity index (χ3v) is 9.18. The fraction of sp³-hybridized carbons (Fsp3) is 0.484. The lowest BCUT2D eigenvalue weighted by Gasteiger charge is -2.29. The van der Waals surface area contributed by atoms with E-state index in [9.17, 15) is 0 Å². The molecule has 36 heavy (non-hydrogen) atoms. The van der Waals surface area contributed by atoms with Gasteiger partial charge in [-0.2, -0.15) is 0 Å². The van der Waals surface area contributed by atoms with E-state index in [2.05, 4.69) is 56.2 Å². The van der Waals surface area contributed by atoms with Crippen LogP contribution in [0.4, 0.5) is 0 Å². The summed E-state index contributed by atoms with van der Waals surface area (Å²) in [6.07, 6.45) is 7.76. The minimum atomic E-state index is 0. The molecule has 4 aliphatic rings. The smallest absolute Gasteiger partial charge is 0.119 e. The van der Waals surface area contributed by atoms with E-state index in [4.69, 9.17) is 4.74 Å². The van der Waals surface area contributed by atoms with E-state index in [1.807, 2.05) is 6.07 Å². The maximum Gasteiger partial charge on any atom is 0.119 e. The number of hydrogen-bond donors (Lipinski definition) is 2. The van der Waals surface area contributed by atoms with E-state index in [1.54, 1.807) is 12.7 Å². The van der Waals surface area contributed by atoms with Crippen molar-refractivity contribution in [3.8, 4) is 5.75 Å². The van der Waals surface area contributed by atoms with Gasteiger partial charge in [0.2, 0.25) is 0 Å². The molecule has 2 aromatic carbocycles. The Balaban J connectivity index is 0.000000148. The summed E-state index contributed by atoms with van der Waals surface area (Å²) in [5.41, 5.74) is 8.75. The minimum absolute atomic E-state index is 0. The van der Waals surface area contributed by atoms with Crippen LogP contribution < -0.4 is 4.74 Å². The molecule has 5 nitrogen and oxygen atoms in total. The van der Waals surface area contributed by atoms with Gasteiger partial charge < -0.3 is 24.5 Å². The molecule has 2 N–H and O–H groups in total. The summed E-state index contributed by atoms with van der Waals surface area (Å²) >= 11 is 0. The van der Waals surface area contributed by atoms with Gasteiger partial charge in [-0.3, -0.25) is 0 Å². The van der Waals surface area contributed by atoms with Crippen LogP contribution in [0.15, 0.2) is 42.5 Å². The second-order valence-corrected chi connectivity index (χ2v) is 11.3. The summed E-state index contributed by atoms with van der Waals surface area (Å²) in [6, 6.07) is 15.2. The summed E-state index contributed by atoms with van der Waals surface area (Å²) in [5.74, 6) is 2.40. The third-order valence-electron chi connectivity index (χ3n) is 9.18. The van der Waals surface area contributed by atoms with E-state index in [0.717, 1.165) is 11.7 Å². The average molecular weight is 487 g/mol. The normalized spacial score (nSPS) is 26.8. The highest BCUT2D eigenvalue weighted by atomic mass is 16.5. The number of aromatic amines is 2. The highest BCUT2D eigenvalue weighted by molar-refractivity contribution is 5.86. The second kappa shape index (κ2) is 9.28. The number of nitrogens with one attached hydrogen (secondary N) is 2. The maximum absolute atomic E-state index is 5.38. The first-order valence-electron chi connectivity index (χ1n) is 14.0. The fourth-order valence-electron chi connectivity index (χ4n) is 7.36. The fourth-order valence-corrected chi connectivity index (χ4v) is 7.36. The number of methoxy groups -OCH3 is 1. The molecule has 0 radical (unpaired) electrons. The Labute approximate surface area is 216 Å². The molecule has 4 aromatic rings. The van der Waals surface area contributed by atoms with Crippen LogP contribution in [-0.2, 0) is 12.8 Å². The molecule has 4 atom stereocenters. The molecule has 0 spiro atoms. The number of piperidine rings is 2. The zero-order valence-corrected chi connectivity index (χ0v) is 21.5. The van der Waals surface area contributed by atoms with Crippen molar-refractivity contribution in [3.63, 3.8) is 0 Å². The minimum Gasteiger partial charge on any atom is -0.497 e. The van der Waals surface area contributed by atoms with Crippen LogP contribution in [0.3, 0.4) is 0 Å². The van der Waals surface area contributed by atoms with Crippen LogP contribution in [-0.4, -0.2) is 66.1 Å². The highest BCUT2D eigenvalue weighted by Crippen LogP contribution is 2.38. The Bertz CT molecular complexity index is 1400. The molecule has 0 saturated carbocycles. The van der Waals surface area contributed by atoms with E-state index >= 15 is 0 Å². The van der Waals surface area contributed by atoms with Crippen molar-refractivity contribution in [2.75, 3.05) is 46.4 Å². The van der Waals surface area contributed by atoms with Crippen molar-refractivity contribution in [3.05, 3.63) is 65.0 Å². The first-order chi connectivity index (χ1) is 17.8. The Morgan fingerprint density at radius 2 is 1.36 bits per heavy atom. The van der Waals surface area contributed by atoms with Crippen LogP contribution in [0.25, 0.3) is 21.8 Å². The lowest BCUT2D eigenvalue weighted by molar-refractivity contribution is 0.217. The summed E-state index contributed by atoms with van der Waals surface area (Å²) < 4.78 is 5.38. The Hall–Kier alpha value is -2.76. The molecule has 0 amide bonds. The Kier molecular flexibility index (Phi) is 5.78. The van der Waals surface area contributed by atoms with Crippen molar-refractivity contribution in [1.29, 1.82) is 0 Å². The van der Waals surface area contributed by atoms with Crippen molar-refractivity contribution < 1.29 is 7.59 Å². The number of H-pyrrole nitrogens is 2. The van der Waals surface area contributed by atoms with Gasteiger partial charge in [-0.15, -0.1) is 0 Å². The number of aromatic nitrogens is 2. The molecule has 6 heterocycles. The summed E-state index contributed by atoms with van der Waals surface area (Å²) in [5, 5.41) is 2.82. The van der Waals surface area contributed by atoms with Crippen molar-refractivity contribution in [2.24, 2.45) is 0 Å². The first-order valence-corrected chi connectivity index (χ1v) is 14.0. The number of benzene rings is 2. The van der Waals surface area contributed by atoms with Gasteiger partial charge >= 0.3 is 0 Å². The topological polar surface area (TPSA) is 47.3 Å². The monoisotopic (exact) mass is 486 g/mol. The molecule has 2 aromatic heterocycles. The van der Waals surface area contributed by atoms with Gasteiger partial charge in [0.1, 0.15) is 5.75 Å². The Morgan fingerprint density at radius 3 is 2.03 bits per heavy atom. The van der Waals surface area contributed by atoms with Crippen molar-refractivity contribution >= 4 is 21.8 Å². The zero-order valence-electron chi connectivity index (χ0n) is 21.5. The number of fused-ring (bicyclic) bond motifs is 12. The molecule has 2 saturated heterocycles. The van der Waals surface area contributed by atoms with Gasteiger partial charge in [0, 0.05) is 74.1 Å². The summed E-state index contributed by atoms with van der Waals surface area (Å²) in [4.78, 5) is 12.6. The van der Waals surface area contributed by atoms with E-state index in [-0.39, 0.29) is 2.85 Å². The van der Waals surface area contributed by atoms with Crippen molar-refractivity contribution in [1.82, 2.24) is 19.8 Å². The van der Waals surface area contributed by atoms with Crippen LogP contribution >= 0.6 is 0 Å². The quantitative estimate of drug-likeness (QED) is 0.332. The largest absolute Gasteiger partial charge is 0.497 e. The second-order valence-electron chi connectivity index (χ2n) is 11.3. The molecule has 8 rings (SSSR count). The molecule has 4 aliphatic heterocycles. The number of rotatable bonds is 1. The number of nitrogens with zero attached hydrogens (tertiary/aromatic N) is 2. The van der Waals surface area contributed by atoms with Crippen LogP contribution in [0.1, 0.15) is 62.9 Å². The maximum atomic E-state index is 5.38. The zero-order chi connectivity index (χ0) is 24.1. The lowest BCUT2D eigenvalue weighted by Crippen LogP contribution is -2.33. The standard InChI is InChI=1S/C16H20N2O.C15H18N2.2H2/c1-19-12-4-5-15-14(9-12)13-6-8-18-7-2-3-11(10-18)16(13)17-15;1-2-6-14-12(5-1)13-7-9-17-8-3-4-11(10-17)15(13)16-14;;/h4-5,9,11,17H,2-3,6-8,10H2,1H3;1-2,5-6,11,16H,3-4,7-10H2;2*1H/t2*11-;;/m11../s1. The number of hydrogen-bond acceptors (Lipinski definition) is 3. The average Bonchev–Trinajstić information content (AvgIpc) is 3.42. The molecular formula is C31H42N4O. The number of ether oxygens (including phenoxy) is 1. The molecule has 2 unspecified atom stereocenters. The molecule has 0 aliphatic carbocycles. The van der Waals surface area contributed by atoms with Crippen LogP contribution in [0.5, 0.6) is 5.75 Å². The van der Waals surface area contributed by atoms with Gasteiger partial charge in [-0.25, -0.2) is 0 Å². The SMILES string of the molecule is COc1ccc2[nH]c3c(c2c1)CCN1CCC[C@@H]3C1.[HH].[HH].c1ccc2c3c([nH]c2c1)[C@@H]1CCCN(CC3)C1. The third kappa shape index (κ3) is 3.93. The van der Waals surface area contributed by atoms with E-state index in [0.29, 0.717) is 5.92 Å². The van der Waals surface area contributed by atoms with Gasteiger partial charge in [0.15, 0.2) is 0 Å².